The molecule has 0 saturated heterocycles. The smallest absolute Gasteiger partial charge is 0.433 e. The Kier molecular flexibility index (Phi) is 23.3. The summed E-state index contributed by atoms with van der Waals surface area (Å²) in [6, 6.07) is 55.7. The first-order chi connectivity index (χ1) is 36.8. The maximum Gasteiger partial charge on any atom is 0.433 e. The van der Waals surface area contributed by atoms with Gasteiger partial charge in [0.15, 0.2) is 29.4 Å². The number of alkyl halides is 8. The fourth-order valence-corrected chi connectivity index (χ4v) is 12.4. The Morgan fingerprint density at radius 3 is 0.451 bits per heavy atom. The SMILES string of the molecule is CC(C)(C)c1ccc([S+](c2ccc(C(C)(C)C)cc2)c2ccc(C(C)(C)C)cc2)cc1.CC(C)(C)c1ccc([S+](c2ccc(C(C)(C)C)cc2)c2ccc(C(C)(C)C)cc2)cc1.O=S(=O)([O-])C(F)C(F)(F)F.O=S(=O)([O-])C(F)C(F)(F)F. The van der Waals surface area contributed by atoms with Crippen molar-refractivity contribution in [3.8, 4) is 0 Å². The second kappa shape index (κ2) is 26.7. The zero-order valence-electron chi connectivity index (χ0n) is 50.1. The molecule has 0 radical (unpaired) electrons. The normalized spacial score (nSPS) is 13.9. The average Bonchev–Trinajstić information content (AvgIpc) is 3.32. The summed E-state index contributed by atoms with van der Waals surface area (Å²) >= 11 is 0. The molecule has 0 aliphatic carbocycles. The van der Waals surface area contributed by atoms with Gasteiger partial charge in [0, 0.05) is 0 Å². The minimum Gasteiger partial charge on any atom is -0.745 e. The topological polar surface area (TPSA) is 114 Å². The first kappa shape index (κ1) is 71.5. The summed E-state index contributed by atoms with van der Waals surface area (Å²) in [4.78, 5) is 8.25. The van der Waals surface area contributed by atoms with Crippen molar-refractivity contribution < 1.29 is 61.1 Å². The van der Waals surface area contributed by atoms with Gasteiger partial charge in [0.25, 0.3) is 11.0 Å². The molecule has 452 valence electrons. The lowest BCUT2D eigenvalue weighted by Gasteiger charge is -2.21. The molecule has 6 aromatic rings. The number of hydrogen-bond acceptors (Lipinski definition) is 6. The number of hydrogen-bond donors (Lipinski definition) is 0. The predicted octanol–water partition coefficient (Wildman–Crippen LogP) is 18.1. The van der Waals surface area contributed by atoms with Gasteiger partial charge in [0.1, 0.15) is 20.2 Å². The number of rotatable bonds is 8. The Bertz CT molecular complexity index is 2700. The highest BCUT2D eigenvalue weighted by Crippen LogP contribution is 2.38. The van der Waals surface area contributed by atoms with Crippen LogP contribution in [0.5, 0.6) is 0 Å². The monoisotopic (exact) mass is 1220 g/mol. The van der Waals surface area contributed by atoms with Gasteiger partial charge in [-0.1, -0.05) is 197 Å². The molecule has 0 N–H and O–H groups in total. The van der Waals surface area contributed by atoms with Crippen molar-refractivity contribution in [1.82, 2.24) is 0 Å². The fourth-order valence-electron chi connectivity index (χ4n) is 7.69. The first-order valence-electron chi connectivity index (χ1n) is 26.3. The van der Waals surface area contributed by atoms with E-state index in [1.807, 2.05) is 0 Å². The summed E-state index contributed by atoms with van der Waals surface area (Å²) in [5, 5.41) is 0. The van der Waals surface area contributed by atoms with E-state index in [1.165, 1.54) is 62.8 Å². The van der Waals surface area contributed by atoms with Crippen molar-refractivity contribution in [2.75, 3.05) is 0 Å². The molecule has 0 heterocycles. The molecule has 2 unspecified atom stereocenters. The van der Waals surface area contributed by atoms with Crippen molar-refractivity contribution >= 4 is 42.0 Å². The summed E-state index contributed by atoms with van der Waals surface area (Å²) in [5.41, 5.74) is 0.643. The first-order valence-corrected chi connectivity index (χ1v) is 31.7. The van der Waals surface area contributed by atoms with E-state index >= 15 is 0 Å². The molecule has 82 heavy (non-hydrogen) atoms. The van der Waals surface area contributed by atoms with E-state index < -0.39 is 43.6 Å². The fraction of sp³-hybridized carbons (Fsp3) is 0.438. The van der Waals surface area contributed by atoms with Crippen LogP contribution in [0, 0.1) is 0 Å². The van der Waals surface area contributed by atoms with E-state index in [9.17, 15) is 61.1 Å². The molecule has 0 bridgehead atoms. The van der Waals surface area contributed by atoms with E-state index in [0.29, 0.717) is 0 Å². The highest BCUT2D eigenvalue weighted by molar-refractivity contribution is 7.97. The van der Waals surface area contributed by atoms with E-state index in [0.717, 1.165) is 0 Å². The largest absolute Gasteiger partial charge is 0.745 e. The van der Waals surface area contributed by atoms with Crippen LogP contribution in [0.15, 0.2) is 175 Å². The molecule has 0 saturated carbocycles. The molecule has 6 rings (SSSR count). The van der Waals surface area contributed by atoms with Gasteiger partial charge < -0.3 is 9.11 Å². The lowest BCUT2D eigenvalue weighted by Crippen LogP contribution is -2.32. The third kappa shape index (κ3) is 21.4. The Morgan fingerprint density at radius 2 is 0.390 bits per heavy atom. The standard InChI is InChI=1S/2C30H39S.2C2H2F4O3S/c2*1-28(2,3)22-10-16-25(17-11-22)31(26-18-12-23(13-19-26)29(4,5)6)27-20-14-24(15-21-27)30(7,8)9;2*3-1(2(4,5)6)10(7,8)9/h2*10-21H,1-9H3;2*1H,(H,7,8,9)/q2*+1;;/p-2. The van der Waals surface area contributed by atoms with Crippen molar-refractivity contribution in [2.24, 2.45) is 0 Å². The van der Waals surface area contributed by atoms with Gasteiger partial charge in [0.05, 0.1) is 21.8 Å². The minimum absolute atomic E-state index is 0.120. The van der Waals surface area contributed by atoms with Gasteiger partial charge >= 0.3 is 12.4 Å². The van der Waals surface area contributed by atoms with Crippen LogP contribution in [-0.4, -0.2) is 49.3 Å². The van der Waals surface area contributed by atoms with Crippen molar-refractivity contribution in [3.63, 3.8) is 0 Å². The van der Waals surface area contributed by atoms with E-state index in [4.69, 9.17) is 0 Å². The second-order valence-electron chi connectivity index (χ2n) is 26.0. The molecule has 0 fully saturated rings. The van der Waals surface area contributed by atoms with Crippen LogP contribution >= 0.6 is 0 Å². The molecule has 6 aromatic carbocycles. The molecule has 0 aliphatic rings. The zero-order chi connectivity index (χ0) is 63.2. The Labute approximate surface area is 489 Å². The van der Waals surface area contributed by atoms with Gasteiger partial charge in [-0.05, 0) is 139 Å². The predicted molar refractivity (Wildman–Crippen MR) is 316 cm³/mol. The molecule has 0 aromatic heterocycles. The van der Waals surface area contributed by atoms with E-state index in [-0.39, 0.29) is 54.3 Å². The van der Waals surface area contributed by atoms with Crippen LogP contribution in [0.25, 0.3) is 0 Å². The lowest BCUT2D eigenvalue weighted by molar-refractivity contribution is -0.158. The molecule has 0 aliphatic heterocycles. The second-order valence-corrected chi connectivity index (χ2v) is 32.8. The van der Waals surface area contributed by atoms with Gasteiger partial charge in [0.2, 0.25) is 0 Å². The molecule has 0 spiro atoms. The molecule has 0 amide bonds. The summed E-state index contributed by atoms with van der Waals surface area (Å²) in [6.45, 7) is 41.0. The van der Waals surface area contributed by atoms with Crippen LogP contribution in [0.1, 0.15) is 158 Å². The average molecular weight is 1230 g/mol. The van der Waals surface area contributed by atoms with Gasteiger partial charge in [-0.25, -0.2) is 25.6 Å². The van der Waals surface area contributed by atoms with Crippen LogP contribution in [-0.2, 0) is 74.5 Å². The maximum absolute atomic E-state index is 11.4. The summed E-state index contributed by atoms with van der Waals surface area (Å²) in [5.74, 6) is 0. The Morgan fingerprint density at radius 1 is 0.280 bits per heavy atom. The number of halogens is 8. The van der Waals surface area contributed by atoms with Gasteiger partial charge in [-0.15, -0.1) is 0 Å². The lowest BCUT2D eigenvalue weighted by atomic mass is 9.87. The third-order valence-electron chi connectivity index (χ3n) is 12.8. The van der Waals surface area contributed by atoms with Gasteiger partial charge in [-0.2, -0.15) is 26.3 Å². The summed E-state index contributed by atoms with van der Waals surface area (Å²) in [6.07, 6.45) is -11.2. The van der Waals surface area contributed by atoms with Crippen LogP contribution in [0.3, 0.4) is 0 Å². The highest BCUT2D eigenvalue weighted by atomic mass is 32.2. The van der Waals surface area contributed by atoms with Crippen molar-refractivity contribution in [2.45, 2.75) is 210 Å². The summed E-state index contributed by atoms with van der Waals surface area (Å²) < 4.78 is 145. The zero-order valence-corrected chi connectivity index (χ0v) is 53.4. The third-order valence-corrected chi connectivity index (χ3v) is 18.8. The van der Waals surface area contributed by atoms with E-state index in [2.05, 4.69) is 270 Å². The molecule has 6 nitrogen and oxygen atoms in total. The van der Waals surface area contributed by atoms with Crippen molar-refractivity contribution in [1.29, 1.82) is 0 Å². The maximum atomic E-state index is 11.4. The molecule has 18 heteroatoms. The van der Waals surface area contributed by atoms with Crippen LogP contribution in [0.2, 0.25) is 0 Å². The highest BCUT2D eigenvalue weighted by Gasteiger charge is 2.46. The summed E-state index contributed by atoms with van der Waals surface area (Å²) in [7, 11) is -12.0. The van der Waals surface area contributed by atoms with E-state index in [1.54, 1.807) is 0 Å². The van der Waals surface area contributed by atoms with Crippen LogP contribution in [0.4, 0.5) is 35.1 Å². The Hall–Kier alpha value is -4.72. The minimum atomic E-state index is -5.90. The molecular formula is C64H80F8O6S4. The van der Waals surface area contributed by atoms with Crippen molar-refractivity contribution in [3.05, 3.63) is 179 Å². The molecular weight excluding hydrogens is 1140 g/mol. The Balaban J connectivity index is 0.000000324. The molecule has 2 atom stereocenters. The van der Waals surface area contributed by atoms with Gasteiger partial charge in [-0.3, -0.25) is 0 Å². The quantitative estimate of drug-likeness (QED) is 0.0852. The number of benzene rings is 6. The van der Waals surface area contributed by atoms with Crippen LogP contribution < -0.4 is 0 Å².